The van der Waals surface area contributed by atoms with Gasteiger partial charge in [-0.2, -0.15) is 0 Å². The molecule has 1 aromatic heterocycles. The summed E-state index contributed by atoms with van der Waals surface area (Å²) in [6.07, 6.45) is 3.55. The van der Waals surface area contributed by atoms with Gasteiger partial charge in [0.2, 0.25) is 18.6 Å². The van der Waals surface area contributed by atoms with Crippen molar-refractivity contribution in [2.75, 3.05) is 50.2 Å². The summed E-state index contributed by atoms with van der Waals surface area (Å²) in [5.41, 5.74) is 1.45. The number of amides is 1. The van der Waals surface area contributed by atoms with Gasteiger partial charge in [0.15, 0.2) is 11.5 Å². The number of rotatable bonds is 4. The van der Waals surface area contributed by atoms with Crippen molar-refractivity contribution in [3.05, 3.63) is 36.2 Å². The van der Waals surface area contributed by atoms with Gasteiger partial charge in [0.25, 0.3) is 0 Å². The molecule has 0 spiro atoms. The van der Waals surface area contributed by atoms with Crippen molar-refractivity contribution in [1.82, 2.24) is 14.9 Å². The number of likely N-dealkylation sites (N-methyl/N-ethyl adjacent to an activating group) is 1. The van der Waals surface area contributed by atoms with Gasteiger partial charge in [0.05, 0.1) is 24.5 Å². The largest absolute Gasteiger partial charge is 0.454 e. The van der Waals surface area contributed by atoms with Gasteiger partial charge < -0.3 is 24.6 Å². The molecule has 1 saturated heterocycles. The first kappa shape index (κ1) is 16.6. The number of carbonyl (C=O) groups excluding carboxylic acids is 1. The molecule has 1 fully saturated rings. The Hall–Kier alpha value is -2.87. The van der Waals surface area contributed by atoms with Crippen LogP contribution in [0.1, 0.15) is 5.56 Å². The van der Waals surface area contributed by atoms with Crippen molar-refractivity contribution in [2.45, 2.75) is 6.42 Å². The first-order valence-corrected chi connectivity index (χ1v) is 8.61. The number of hydrogen-bond donors (Lipinski definition) is 1. The first-order chi connectivity index (χ1) is 12.7. The Morgan fingerprint density at radius 1 is 1.12 bits per heavy atom. The molecule has 136 valence electrons. The molecule has 3 heterocycles. The number of aromatic nitrogens is 2. The normalized spacial score (nSPS) is 16.6. The van der Waals surface area contributed by atoms with E-state index in [1.165, 1.54) is 0 Å². The molecule has 26 heavy (non-hydrogen) atoms. The number of benzene rings is 1. The lowest BCUT2D eigenvalue weighted by molar-refractivity contribution is -0.115. The van der Waals surface area contributed by atoms with E-state index in [9.17, 15) is 4.79 Å². The van der Waals surface area contributed by atoms with Gasteiger partial charge >= 0.3 is 0 Å². The maximum Gasteiger partial charge on any atom is 0.231 e. The summed E-state index contributed by atoms with van der Waals surface area (Å²) in [6.45, 7) is 4.04. The fraction of sp³-hybridized carbons (Fsp3) is 0.389. The number of anilines is 2. The van der Waals surface area contributed by atoms with Crippen molar-refractivity contribution in [3.63, 3.8) is 0 Å². The number of nitrogens with zero attached hydrogens (tertiary/aromatic N) is 4. The number of piperazine rings is 1. The van der Waals surface area contributed by atoms with Crippen molar-refractivity contribution in [3.8, 4) is 11.5 Å². The van der Waals surface area contributed by atoms with E-state index in [1.807, 2.05) is 18.2 Å². The predicted molar refractivity (Wildman–Crippen MR) is 96.6 cm³/mol. The second kappa shape index (κ2) is 7.17. The lowest BCUT2D eigenvalue weighted by atomic mass is 10.1. The molecule has 0 aliphatic carbocycles. The standard InChI is InChI=1S/C18H21N5O3/c1-22-4-6-23(7-5-22)18-19-10-14(11-20-18)21-17(24)9-13-2-3-15-16(8-13)26-12-25-15/h2-3,8,10-11H,4-7,9,12H2,1H3,(H,21,24). The van der Waals surface area contributed by atoms with Crippen LogP contribution in [0.25, 0.3) is 0 Å². The Labute approximate surface area is 151 Å². The van der Waals surface area contributed by atoms with Crippen LogP contribution in [0.4, 0.5) is 11.6 Å². The van der Waals surface area contributed by atoms with E-state index in [-0.39, 0.29) is 19.1 Å². The molecule has 8 heteroatoms. The summed E-state index contributed by atoms with van der Waals surface area (Å²) in [5, 5.41) is 2.83. The van der Waals surface area contributed by atoms with Gasteiger partial charge in [0.1, 0.15) is 0 Å². The zero-order chi connectivity index (χ0) is 17.9. The molecule has 8 nitrogen and oxygen atoms in total. The van der Waals surface area contributed by atoms with Crippen LogP contribution in [-0.2, 0) is 11.2 Å². The van der Waals surface area contributed by atoms with Crippen LogP contribution < -0.4 is 19.7 Å². The van der Waals surface area contributed by atoms with E-state index in [4.69, 9.17) is 9.47 Å². The van der Waals surface area contributed by atoms with E-state index < -0.39 is 0 Å². The Kier molecular flexibility index (Phi) is 4.57. The number of carbonyl (C=O) groups is 1. The van der Waals surface area contributed by atoms with Crippen LogP contribution in [-0.4, -0.2) is 60.8 Å². The van der Waals surface area contributed by atoms with Gasteiger partial charge in [-0.3, -0.25) is 4.79 Å². The zero-order valence-corrected chi connectivity index (χ0v) is 14.6. The summed E-state index contributed by atoms with van der Waals surface area (Å²) < 4.78 is 10.6. The molecule has 0 atom stereocenters. The minimum atomic E-state index is -0.125. The minimum Gasteiger partial charge on any atom is -0.454 e. The average Bonchev–Trinajstić information content (AvgIpc) is 3.11. The second-order valence-electron chi connectivity index (χ2n) is 6.47. The molecule has 2 aromatic rings. The van der Waals surface area contributed by atoms with E-state index in [0.717, 1.165) is 31.7 Å². The number of hydrogen-bond acceptors (Lipinski definition) is 7. The van der Waals surface area contributed by atoms with Crippen LogP contribution >= 0.6 is 0 Å². The topological polar surface area (TPSA) is 79.8 Å². The van der Waals surface area contributed by atoms with Crippen molar-refractivity contribution in [1.29, 1.82) is 0 Å². The maximum atomic E-state index is 12.3. The summed E-state index contributed by atoms with van der Waals surface area (Å²) in [6, 6.07) is 5.51. The quantitative estimate of drug-likeness (QED) is 0.881. The lowest BCUT2D eigenvalue weighted by Crippen LogP contribution is -2.45. The SMILES string of the molecule is CN1CCN(c2ncc(NC(=O)Cc3ccc4c(c3)OCO4)cn2)CC1. The molecule has 1 aromatic carbocycles. The van der Waals surface area contributed by atoms with Gasteiger partial charge in [-0.15, -0.1) is 0 Å². The fourth-order valence-electron chi connectivity index (χ4n) is 3.00. The number of fused-ring (bicyclic) bond motifs is 1. The second-order valence-corrected chi connectivity index (χ2v) is 6.47. The highest BCUT2D eigenvalue weighted by Crippen LogP contribution is 2.32. The van der Waals surface area contributed by atoms with Gasteiger partial charge in [0, 0.05) is 26.2 Å². The fourth-order valence-corrected chi connectivity index (χ4v) is 3.00. The van der Waals surface area contributed by atoms with Crippen LogP contribution in [0.5, 0.6) is 11.5 Å². The summed E-state index contributed by atoms with van der Waals surface area (Å²) >= 11 is 0. The Bertz CT molecular complexity index is 788. The summed E-state index contributed by atoms with van der Waals surface area (Å²) in [4.78, 5) is 25.4. The first-order valence-electron chi connectivity index (χ1n) is 8.61. The molecular weight excluding hydrogens is 334 g/mol. The molecule has 4 rings (SSSR count). The van der Waals surface area contributed by atoms with Crippen LogP contribution in [0.15, 0.2) is 30.6 Å². The summed E-state index contributed by atoms with van der Waals surface area (Å²) in [7, 11) is 2.11. The van der Waals surface area contributed by atoms with E-state index >= 15 is 0 Å². The van der Waals surface area contributed by atoms with Crippen molar-refractivity contribution < 1.29 is 14.3 Å². The molecule has 2 aliphatic heterocycles. The van der Waals surface area contributed by atoms with Crippen molar-refractivity contribution >= 4 is 17.5 Å². The van der Waals surface area contributed by atoms with E-state index in [2.05, 4.69) is 32.1 Å². The Morgan fingerprint density at radius 3 is 2.62 bits per heavy atom. The lowest BCUT2D eigenvalue weighted by Gasteiger charge is -2.32. The minimum absolute atomic E-state index is 0.125. The summed E-state index contributed by atoms with van der Waals surface area (Å²) in [5.74, 6) is 1.96. The molecule has 2 aliphatic rings. The Morgan fingerprint density at radius 2 is 1.85 bits per heavy atom. The number of nitrogens with one attached hydrogen (secondary N) is 1. The van der Waals surface area contributed by atoms with Gasteiger partial charge in [-0.25, -0.2) is 9.97 Å². The monoisotopic (exact) mass is 355 g/mol. The highest BCUT2D eigenvalue weighted by atomic mass is 16.7. The third kappa shape index (κ3) is 3.70. The highest BCUT2D eigenvalue weighted by Gasteiger charge is 2.17. The third-order valence-electron chi connectivity index (χ3n) is 4.51. The maximum absolute atomic E-state index is 12.3. The zero-order valence-electron chi connectivity index (χ0n) is 14.6. The molecule has 0 bridgehead atoms. The van der Waals surface area contributed by atoms with E-state index in [0.29, 0.717) is 23.1 Å². The molecule has 0 radical (unpaired) electrons. The number of ether oxygens (including phenoxy) is 2. The molecule has 1 amide bonds. The van der Waals surface area contributed by atoms with Crippen LogP contribution in [0.3, 0.4) is 0 Å². The van der Waals surface area contributed by atoms with Gasteiger partial charge in [-0.05, 0) is 24.7 Å². The molecule has 0 saturated carbocycles. The molecular formula is C18H21N5O3. The predicted octanol–water partition coefficient (Wildman–Crippen LogP) is 1.14. The smallest absolute Gasteiger partial charge is 0.231 e. The van der Waals surface area contributed by atoms with Crippen LogP contribution in [0, 0.1) is 0 Å². The average molecular weight is 355 g/mol. The molecule has 0 unspecified atom stereocenters. The third-order valence-corrected chi connectivity index (χ3v) is 4.51. The van der Waals surface area contributed by atoms with Gasteiger partial charge in [-0.1, -0.05) is 6.07 Å². The molecule has 1 N–H and O–H groups in total. The Balaban J connectivity index is 1.34. The van der Waals surface area contributed by atoms with Crippen molar-refractivity contribution in [2.24, 2.45) is 0 Å². The van der Waals surface area contributed by atoms with Crippen LogP contribution in [0.2, 0.25) is 0 Å². The van der Waals surface area contributed by atoms with E-state index in [1.54, 1.807) is 12.4 Å². The highest BCUT2D eigenvalue weighted by molar-refractivity contribution is 5.92.